The van der Waals surface area contributed by atoms with Gasteiger partial charge in [0, 0.05) is 11.4 Å². The Labute approximate surface area is 62.8 Å². The van der Waals surface area contributed by atoms with Crippen LogP contribution in [0.4, 0.5) is 4.39 Å². The number of rotatable bonds is 5. The van der Waals surface area contributed by atoms with Gasteiger partial charge in [-0.3, -0.25) is 0 Å². The van der Waals surface area contributed by atoms with E-state index in [1.54, 1.807) is 6.92 Å². The highest BCUT2D eigenvalue weighted by molar-refractivity contribution is 7.89. The van der Waals surface area contributed by atoms with Crippen molar-refractivity contribution in [2.24, 2.45) is 0 Å². The fraction of sp³-hybridized carbons (Fsp3) is 0.800. The maximum atomic E-state index is 11.6. The average Bonchev–Trinajstić information content (AvgIpc) is 1.99. The Bertz CT molecular complexity index is 112. The van der Waals surface area contributed by atoms with Crippen molar-refractivity contribution in [3.8, 4) is 0 Å². The zero-order valence-corrected chi connectivity index (χ0v) is 6.63. The minimum absolute atomic E-state index is 0.0678. The molecule has 10 heavy (non-hydrogen) atoms. The van der Waals surface area contributed by atoms with E-state index in [0.717, 1.165) is 0 Å². The summed E-state index contributed by atoms with van der Waals surface area (Å²) in [4.78, 5) is 0. The predicted molar refractivity (Wildman–Crippen MR) is 40.4 cm³/mol. The molecule has 3 nitrogen and oxygen atoms in total. The summed E-state index contributed by atoms with van der Waals surface area (Å²) < 4.78 is 24.7. The van der Waals surface area contributed by atoms with Gasteiger partial charge >= 0.3 is 0 Å². The number of hydrogen-bond acceptors (Lipinski definition) is 3. The van der Waals surface area contributed by atoms with Crippen LogP contribution < -0.4 is 4.72 Å². The van der Waals surface area contributed by atoms with E-state index in [0.29, 0.717) is 5.75 Å². The Balaban J connectivity index is 3.26. The number of halogens is 1. The summed E-state index contributed by atoms with van der Waals surface area (Å²) in [7, 11) is 0. The molecule has 0 aliphatic rings. The highest BCUT2D eigenvalue weighted by Gasteiger charge is 2.02. The van der Waals surface area contributed by atoms with Gasteiger partial charge in [0.1, 0.15) is 12.4 Å². The number of alkyl halides is 1. The molecular weight excluding hydrogens is 155 g/mol. The van der Waals surface area contributed by atoms with E-state index in [2.05, 4.69) is 4.72 Å². The Morgan fingerprint density at radius 3 is 2.80 bits per heavy atom. The highest BCUT2D eigenvalue weighted by Crippen LogP contribution is 1.82. The van der Waals surface area contributed by atoms with Gasteiger partial charge in [-0.25, -0.2) is 4.39 Å². The minimum Gasteiger partial charge on any atom is -0.598 e. The molecule has 0 aromatic rings. The summed E-state index contributed by atoms with van der Waals surface area (Å²) >= 11 is -1.11. The lowest BCUT2D eigenvalue weighted by Gasteiger charge is -2.07. The molecule has 1 atom stereocenters. The second kappa shape index (κ2) is 5.64. The van der Waals surface area contributed by atoms with Crippen LogP contribution in [-0.4, -0.2) is 29.2 Å². The van der Waals surface area contributed by atoms with Gasteiger partial charge in [-0.15, -0.1) is 4.72 Å². The van der Waals surface area contributed by atoms with Crippen molar-refractivity contribution in [1.29, 1.82) is 5.41 Å². The standard InChI is InChI=1S/C5H11FN2OS/c1-2-10(9)8-4-5(7)3-6/h7-8H,2-4H2,1H3. The van der Waals surface area contributed by atoms with Crippen LogP contribution in [0.1, 0.15) is 6.92 Å². The van der Waals surface area contributed by atoms with Gasteiger partial charge in [0.15, 0.2) is 0 Å². The van der Waals surface area contributed by atoms with Gasteiger partial charge in [-0.05, 0) is 6.92 Å². The van der Waals surface area contributed by atoms with E-state index >= 15 is 0 Å². The van der Waals surface area contributed by atoms with Crippen molar-refractivity contribution in [3.05, 3.63) is 0 Å². The van der Waals surface area contributed by atoms with Crippen LogP contribution in [0, 0.1) is 5.41 Å². The van der Waals surface area contributed by atoms with Gasteiger partial charge in [-0.1, -0.05) is 0 Å². The third-order valence-electron chi connectivity index (χ3n) is 0.870. The molecule has 0 aromatic carbocycles. The molecule has 0 bridgehead atoms. The zero-order valence-electron chi connectivity index (χ0n) is 5.82. The molecule has 0 aliphatic carbocycles. The summed E-state index contributed by atoms with van der Waals surface area (Å²) in [6.07, 6.45) is 0. The fourth-order valence-corrected chi connectivity index (χ4v) is 0.856. The molecule has 0 aromatic heterocycles. The molecule has 0 radical (unpaired) electrons. The summed E-state index contributed by atoms with van der Waals surface area (Å²) in [5, 5.41) is 6.83. The Hall–Kier alpha value is -0.130. The average molecular weight is 166 g/mol. The maximum Gasteiger partial charge on any atom is 0.128 e. The van der Waals surface area contributed by atoms with Gasteiger partial charge in [0.25, 0.3) is 0 Å². The van der Waals surface area contributed by atoms with E-state index < -0.39 is 18.0 Å². The van der Waals surface area contributed by atoms with Gasteiger partial charge in [0.2, 0.25) is 0 Å². The van der Waals surface area contributed by atoms with Gasteiger partial charge in [-0.2, -0.15) is 0 Å². The smallest absolute Gasteiger partial charge is 0.128 e. The number of hydrogen-bond donors (Lipinski definition) is 2. The first-order chi connectivity index (χ1) is 4.70. The normalized spacial score (nSPS) is 13.1. The minimum atomic E-state index is -1.11. The van der Waals surface area contributed by atoms with Crippen LogP contribution in [0.25, 0.3) is 0 Å². The quantitative estimate of drug-likeness (QED) is 0.454. The molecule has 0 saturated heterocycles. The van der Waals surface area contributed by atoms with Crippen molar-refractivity contribution in [2.45, 2.75) is 6.92 Å². The van der Waals surface area contributed by atoms with Crippen LogP contribution >= 0.6 is 0 Å². The molecule has 1 unspecified atom stereocenters. The van der Waals surface area contributed by atoms with E-state index in [1.165, 1.54) is 0 Å². The van der Waals surface area contributed by atoms with E-state index in [9.17, 15) is 8.94 Å². The SMILES string of the molecule is CC[S+]([O-])NCC(=N)CF. The molecule has 5 heteroatoms. The summed E-state index contributed by atoms with van der Waals surface area (Å²) in [6, 6.07) is 0. The lowest BCUT2D eigenvalue weighted by atomic mass is 10.4. The van der Waals surface area contributed by atoms with Gasteiger partial charge < -0.3 is 9.96 Å². The van der Waals surface area contributed by atoms with Crippen LogP contribution in [0.15, 0.2) is 0 Å². The Morgan fingerprint density at radius 1 is 1.80 bits per heavy atom. The third-order valence-corrected chi connectivity index (χ3v) is 1.86. The van der Waals surface area contributed by atoms with Crippen molar-refractivity contribution < 1.29 is 8.94 Å². The molecule has 60 valence electrons. The second-order valence-corrected chi connectivity index (χ2v) is 3.25. The highest BCUT2D eigenvalue weighted by atomic mass is 32.2. The second-order valence-electron chi connectivity index (χ2n) is 1.69. The monoisotopic (exact) mass is 166 g/mol. The molecule has 0 spiro atoms. The zero-order chi connectivity index (χ0) is 7.98. The molecule has 0 saturated carbocycles. The summed E-state index contributed by atoms with van der Waals surface area (Å²) in [5.41, 5.74) is -0.0678. The molecule has 0 amide bonds. The van der Waals surface area contributed by atoms with Crippen molar-refractivity contribution in [1.82, 2.24) is 4.72 Å². The van der Waals surface area contributed by atoms with Crippen LogP contribution in [0.5, 0.6) is 0 Å². The Morgan fingerprint density at radius 2 is 2.40 bits per heavy atom. The lowest BCUT2D eigenvalue weighted by molar-refractivity contribution is 0.570. The first kappa shape index (κ1) is 9.87. The molecular formula is C5H11FN2OS. The van der Waals surface area contributed by atoms with Crippen molar-refractivity contribution in [2.75, 3.05) is 19.0 Å². The first-order valence-corrected chi connectivity index (χ1v) is 4.26. The van der Waals surface area contributed by atoms with Crippen LogP contribution in [0.3, 0.4) is 0 Å². The van der Waals surface area contributed by atoms with Crippen molar-refractivity contribution in [3.63, 3.8) is 0 Å². The first-order valence-electron chi connectivity index (χ1n) is 2.94. The molecule has 0 aliphatic heterocycles. The van der Waals surface area contributed by atoms with Crippen molar-refractivity contribution >= 4 is 17.1 Å². The molecule has 0 fully saturated rings. The van der Waals surface area contributed by atoms with E-state index in [1.807, 2.05) is 0 Å². The van der Waals surface area contributed by atoms with Crippen LogP contribution in [-0.2, 0) is 11.4 Å². The summed E-state index contributed by atoms with van der Waals surface area (Å²) in [6.45, 7) is 1.06. The predicted octanol–water partition coefficient (Wildman–Crippen LogP) is 0.249. The van der Waals surface area contributed by atoms with E-state index in [4.69, 9.17) is 5.41 Å². The molecule has 0 heterocycles. The van der Waals surface area contributed by atoms with Crippen LogP contribution in [0.2, 0.25) is 0 Å². The largest absolute Gasteiger partial charge is 0.598 e. The maximum absolute atomic E-state index is 11.6. The van der Waals surface area contributed by atoms with E-state index in [-0.39, 0.29) is 12.3 Å². The summed E-state index contributed by atoms with van der Waals surface area (Å²) in [5.74, 6) is 0.486. The molecule has 2 N–H and O–H groups in total. The third kappa shape index (κ3) is 4.72. The lowest BCUT2D eigenvalue weighted by Crippen LogP contribution is -2.31. The van der Waals surface area contributed by atoms with Gasteiger partial charge in [0.05, 0.1) is 12.3 Å². The topological polar surface area (TPSA) is 58.9 Å². The molecule has 0 rings (SSSR count). The fourth-order valence-electron chi connectivity index (χ4n) is 0.317. The number of nitrogens with one attached hydrogen (secondary N) is 2. The Kier molecular flexibility index (Phi) is 5.57.